The summed E-state index contributed by atoms with van der Waals surface area (Å²) in [6.07, 6.45) is 3.27. The Balaban J connectivity index is 1.41. The van der Waals surface area contributed by atoms with Crippen LogP contribution in [0.15, 0.2) is 42.5 Å². The largest absolute Gasteiger partial charge is 0.454 e. The van der Waals surface area contributed by atoms with Crippen molar-refractivity contribution < 1.29 is 14.3 Å². The summed E-state index contributed by atoms with van der Waals surface area (Å²) in [5.41, 5.74) is 2.26. The summed E-state index contributed by atoms with van der Waals surface area (Å²) in [5, 5.41) is 0.724. The predicted molar refractivity (Wildman–Crippen MR) is 96.0 cm³/mol. The highest BCUT2D eigenvalue weighted by Gasteiger charge is 2.29. The quantitative estimate of drug-likeness (QED) is 0.815. The van der Waals surface area contributed by atoms with Gasteiger partial charge in [0.1, 0.15) is 0 Å². The fourth-order valence-electron chi connectivity index (χ4n) is 3.59. The van der Waals surface area contributed by atoms with Gasteiger partial charge in [-0.2, -0.15) is 0 Å². The average molecular weight is 358 g/mol. The first-order valence-electron chi connectivity index (χ1n) is 8.64. The Morgan fingerprint density at radius 2 is 1.92 bits per heavy atom. The normalized spacial score (nSPS) is 18.6. The van der Waals surface area contributed by atoms with Crippen LogP contribution in [0.2, 0.25) is 5.02 Å². The third-order valence-corrected chi connectivity index (χ3v) is 5.14. The van der Waals surface area contributed by atoms with Crippen molar-refractivity contribution in [2.75, 3.05) is 13.3 Å². The molecule has 1 amide bonds. The van der Waals surface area contributed by atoms with E-state index in [-0.39, 0.29) is 18.7 Å². The number of halogens is 1. The van der Waals surface area contributed by atoms with Crippen molar-refractivity contribution in [3.05, 3.63) is 58.6 Å². The van der Waals surface area contributed by atoms with Gasteiger partial charge >= 0.3 is 0 Å². The van der Waals surface area contributed by atoms with E-state index in [2.05, 4.69) is 0 Å². The molecule has 4 rings (SSSR count). The average Bonchev–Trinajstić information content (AvgIpc) is 3.29. The second-order valence-electron chi connectivity index (χ2n) is 6.48. The van der Waals surface area contributed by atoms with E-state index < -0.39 is 0 Å². The Bertz CT molecular complexity index is 775. The van der Waals surface area contributed by atoms with Crippen LogP contribution in [0, 0.1) is 0 Å². The standard InChI is InChI=1S/C20H20ClNO3/c21-16-7-5-15(6-8-16)17-2-1-11-22(17)20(23)10-4-14-3-9-18-19(12-14)25-13-24-18/h3,5-9,12,17H,1-2,4,10-11,13H2/t17-/m0/s1. The van der Waals surface area contributed by atoms with Gasteiger partial charge in [0, 0.05) is 18.0 Å². The van der Waals surface area contributed by atoms with Gasteiger partial charge in [-0.1, -0.05) is 29.8 Å². The summed E-state index contributed by atoms with van der Waals surface area (Å²) in [5.74, 6) is 1.75. The van der Waals surface area contributed by atoms with Crippen LogP contribution in [0.1, 0.15) is 36.4 Å². The molecule has 1 fully saturated rings. The molecule has 0 aliphatic carbocycles. The number of rotatable bonds is 4. The minimum atomic E-state index is 0.168. The van der Waals surface area contributed by atoms with Crippen LogP contribution < -0.4 is 9.47 Å². The molecule has 2 aliphatic rings. The lowest BCUT2D eigenvalue weighted by Gasteiger charge is -2.25. The van der Waals surface area contributed by atoms with Gasteiger partial charge in [0.2, 0.25) is 12.7 Å². The molecule has 0 bridgehead atoms. The van der Waals surface area contributed by atoms with Gasteiger partial charge in [0.25, 0.3) is 0 Å². The zero-order valence-corrected chi connectivity index (χ0v) is 14.7. The molecule has 2 heterocycles. The SMILES string of the molecule is O=C(CCc1ccc2c(c1)OCO2)N1CCC[C@H]1c1ccc(Cl)cc1. The molecule has 5 heteroatoms. The molecule has 2 aromatic carbocycles. The molecule has 0 aromatic heterocycles. The van der Waals surface area contributed by atoms with Crippen LogP contribution in [0.4, 0.5) is 0 Å². The van der Waals surface area contributed by atoms with E-state index in [9.17, 15) is 4.79 Å². The Morgan fingerprint density at radius 3 is 2.76 bits per heavy atom. The second kappa shape index (κ2) is 6.96. The first kappa shape index (κ1) is 16.3. The van der Waals surface area contributed by atoms with E-state index in [0.717, 1.165) is 41.5 Å². The van der Waals surface area contributed by atoms with E-state index in [0.29, 0.717) is 12.8 Å². The minimum absolute atomic E-state index is 0.168. The number of carbonyl (C=O) groups is 1. The maximum Gasteiger partial charge on any atom is 0.231 e. The van der Waals surface area contributed by atoms with Crippen LogP contribution in [0.25, 0.3) is 0 Å². The summed E-state index contributed by atoms with van der Waals surface area (Å²) >= 11 is 5.98. The molecular weight excluding hydrogens is 338 g/mol. The van der Waals surface area contributed by atoms with Crippen molar-refractivity contribution in [1.29, 1.82) is 0 Å². The number of hydrogen-bond donors (Lipinski definition) is 0. The van der Waals surface area contributed by atoms with Crippen LogP contribution >= 0.6 is 11.6 Å². The van der Waals surface area contributed by atoms with E-state index >= 15 is 0 Å². The number of aryl methyl sites for hydroxylation is 1. The van der Waals surface area contributed by atoms with Crippen molar-refractivity contribution in [3.63, 3.8) is 0 Å². The summed E-state index contributed by atoms with van der Waals surface area (Å²) in [4.78, 5) is 14.8. The maximum absolute atomic E-state index is 12.7. The monoisotopic (exact) mass is 357 g/mol. The summed E-state index contributed by atoms with van der Waals surface area (Å²) in [6.45, 7) is 1.10. The van der Waals surface area contributed by atoms with Gasteiger partial charge in [0.15, 0.2) is 11.5 Å². The number of likely N-dealkylation sites (tertiary alicyclic amines) is 1. The second-order valence-corrected chi connectivity index (χ2v) is 6.92. The molecule has 25 heavy (non-hydrogen) atoms. The first-order valence-corrected chi connectivity index (χ1v) is 9.02. The Morgan fingerprint density at radius 1 is 1.12 bits per heavy atom. The van der Waals surface area contributed by atoms with E-state index in [1.165, 1.54) is 5.56 Å². The molecule has 1 atom stereocenters. The molecular formula is C20H20ClNO3. The van der Waals surface area contributed by atoms with Gasteiger partial charge in [-0.15, -0.1) is 0 Å². The molecule has 4 nitrogen and oxygen atoms in total. The highest BCUT2D eigenvalue weighted by atomic mass is 35.5. The third kappa shape index (κ3) is 3.45. The van der Waals surface area contributed by atoms with E-state index in [4.69, 9.17) is 21.1 Å². The lowest BCUT2D eigenvalue weighted by atomic mass is 10.0. The van der Waals surface area contributed by atoms with Crippen molar-refractivity contribution in [1.82, 2.24) is 4.90 Å². The molecule has 2 aliphatic heterocycles. The number of amides is 1. The molecule has 0 radical (unpaired) electrons. The molecule has 0 spiro atoms. The zero-order valence-electron chi connectivity index (χ0n) is 13.9. The lowest BCUT2D eigenvalue weighted by Crippen LogP contribution is -2.30. The third-order valence-electron chi connectivity index (χ3n) is 4.89. The minimum Gasteiger partial charge on any atom is -0.454 e. The highest BCUT2D eigenvalue weighted by molar-refractivity contribution is 6.30. The van der Waals surface area contributed by atoms with Gasteiger partial charge < -0.3 is 14.4 Å². The van der Waals surface area contributed by atoms with Crippen LogP contribution in [-0.4, -0.2) is 24.1 Å². The Kier molecular flexibility index (Phi) is 4.53. The molecule has 0 N–H and O–H groups in total. The first-order chi connectivity index (χ1) is 12.2. The van der Waals surface area contributed by atoms with Crippen molar-refractivity contribution in [2.24, 2.45) is 0 Å². The topological polar surface area (TPSA) is 38.8 Å². The molecule has 2 aromatic rings. The number of nitrogens with zero attached hydrogens (tertiary/aromatic N) is 1. The van der Waals surface area contributed by atoms with Gasteiger partial charge in [0.05, 0.1) is 6.04 Å². The maximum atomic E-state index is 12.7. The molecule has 130 valence electrons. The fraction of sp³-hybridized carbons (Fsp3) is 0.350. The number of ether oxygens (including phenoxy) is 2. The van der Waals surface area contributed by atoms with Crippen molar-refractivity contribution >= 4 is 17.5 Å². The Hall–Kier alpha value is -2.20. The summed E-state index contributed by atoms with van der Waals surface area (Å²) in [7, 11) is 0. The molecule has 0 unspecified atom stereocenters. The molecule has 0 saturated carbocycles. The van der Waals surface area contributed by atoms with Gasteiger partial charge in [-0.05, 0) is 54.7 Å². The van der Waals surface area contributed by atoms with Crippen LogP contribution in [0.5, 0.6) is 11.5 Å². The lowest BCUT2D eigenvalue weighted by molar-refractivity contribution is -0.132. The fourth-order valence-corrected chi connectivity index (χ4v) is 3.71. The van der Waals surface area contributed by atoms with Crippen molar-refractivity contribution in [2.45, 2.75) is 31.7 Å². The summed E-state index contributed by atoms with van der Waals surface area (Å²) in [6, 6.07) is 13.9. The van der Waals surface area contributed by atoms with Crippen LogP contribution in [-0.2, 0) is 11.2 Å². The number of hydrogen-bond acceptors (Lipinski definition) is 3. The predicted octanol–water partition coefficient (Wildman–Crippen LogP) is 4.37. The van der Waals surface area contributed by atoms with E-state index in [1.54, 1.807) is 0 Å². The van der Waals surface area contributed by atoms with E-state index in [1.807, 2.05) is 47.4 Å². The summed E-state index contributed by atoms with van der Waals surface area (Å²) < 4.78 is 10.7. The molecule has 1 saturated heterocycles. The Labute approximate surface area is 152 Å². The van der Waals surface area contributed by atoms with Gasteiger partial charge in [-0.25, -0.2) is 0 Å². The van der Waals surface area contributed by atoms with Crippen LogP contribution in [0.3, 0.4) is 0 Å². The highest BCUT2D eigenvalue weighted by Crippen LogP contribution is 2.34. The smallest absolute Gasteiger partial charge is 0.231 e. The number of carbonyl (C=O) groups excluding carboxylic acids is 1. The number of benzene rings is 2. The number of fused-ring (bicyclic) bond motifs is 1. The zero-order chi connectivity index (χ0) is 17.2. The van der Waals surface area contributed by atoms with Crippen molar-refractivity contribution in [3.8, 4) is 11.5 Å². The van der Waals surface area contributed by atoms with Gasteiger partial charge in [-0.3, -0.25) is 4.79 Å².